The number of halogens is 2. The molecule has 1 fully saturated rings. The fourth-order valence-electron chi connectivity index (χ4n) is 3.07. The SMILES string of the molecule is O=C(O)N1CCC(Oc2ncnc3c2cnn3-c2ccc(I)cc2F)CC1. The summed E-state index contributed by atoms with van der Waals surface area (Å²) in [4.78, 5) is 20.8. The second-order valence-electron chi connectivity index (χ2n) is 6.16. The van der Waals surface area contributed by atoms with Crippen LogP contribution in [0.4, 0.5) is 9.18 Å². The summed E-state index contributed by atoms with van der Waals surface area (Å²) in [5, 5.41) is 13.9. The molecule has 3 heterocycles. The Balaban J connectivity index is 1.61. The van der Waals surface area contributed by atoms with E-state index in [0.717, 1.165) is 3.57 Å². The predicted octanol–water partition coefficient (Wildman–Crippen LogP) is 3.08. The number of hydrogen-bond acceptors (Lipinski definition) is 5. The van der Waals surface area contributed by atoms with E-state index in [-0.39, 0.29) is 6.10 Å². The first-order valence-corrected chi connectivity index (χ1v) is 9.39. The van der Waals surface area contributed by atoms with Gasteiger partial charge in [0.25, 0.3) is 0 Å². The van der Waals surface area contributed by atoms with E-state index in [0.29, 0.717) is 48.5 Å². The Hall–Kier alpha value is -2.50. The number of fused-ring (bicyclic) bond motifs is 1. The van der Waals surface area contributed by atoms with Gasteiger partial charge in [-0.1, -0.05) is 0 Å². The quantitative estimate of drug-likeness (QED) is 0.576. The molecule has 0 saturated carbocycles. The molecule has 8 nitrogen and oxygen atoms in total. The number of aromatic nitrogens is 4. The number of nitrogens with zero attached hydrogens (tertiary/aromatic N) is 5. The van der Waals surface area contributed by atoms with E-state index in [9.17, 15) is 9.18 Å². The summed E-state index contributed by atoms with van der Waals surface area (Å²) in [5.41, 5.74) is 0.743. The van der Waals surface area contributed by atoms with E-state index in [1.165, 1.54) is 22.0 Å². The second-order valence-corrected chi connectivity index (χ2v) is 7.40. The first-order valence-electron chi connectivity index (χ1n) is 8.31. The molecular weight excluding hydrogens is 468 g/mol. The Labute approximate surface area is 167 Å². The number of likely N-dealkylation sites (tertiary alicyclic amines) is 1. The fraction of sp³-hybridized carbons (Fsp3) is 0.294. The number of rotatable bonds is 3. The largest absolute Gasteiger partial charge is 0.474 e. The van der Waals surface area contributed by atoms with Crippen LogP contribution in [-0.2, 0) is 0 Å². The summed E-state index contributed by atoms with van der Waals surface area (Å²) >= 11 is 2.04. The van der Waals surface area contributed by atoms with Crippen LogP contribution in [0, 0.1) is 9.39 Å². The molecule has 140 valence electrons. The highest BCUT2D eigenvalue weighted by molar-refractivity contribution is 14.1. The molecule has 1 N–H and O–H groups in total. The summed E-state index contributed by atoms with van der Waals surface area (Å²) in [6.45, 7) is 0.836. The van der Waals surface area contributed by atoms with Crippen LogP contribution < -0.4 is 4.74 Å². The van der Waals surface area contributed by atoms with Gasteiger partial charge >= 0.3 is 6.09 Å². The van der Waals surface area contributed by atoms with Gasteiger partial charge < -0.3 is 14.7 Å². The Morgan fingerprint density at radius 3 is 2.78 bits per heavy atom. The van der Waals surface area contributed by atoms with Gasteiger partial charge in [0.05, 0.1) is 6.20 Å². The van der Waals surface area contributed by atoms with Crippen molar-refractivity contribution >= 4 is 39.7 Å². The molecule has 3 aromatic rings. The van der Waals surface area contributed by atoms with Crippen LogP contribution in [0.2, 0.25) is 0 Å². The van der Waals surface area contributed by atoms with E-state index < -0.39 is 11.9 Å². The lowest BCUT2D eigenvalue weighted by molar-refractivity contribution is 0.0879. The van der Waals surface area contributed by atoms with Gasteiger partial charge in [0.1, 0.15) is 29.3 Å². The van der Waals surface area contributed by atoms with E-state index in [4.69, 9.17) is 9.84 Å². The summed E-state index contributed by atoms with van der Waals surface area (Å²) in [6.07, 6.45) is 3.01. The van der Waals surface area contributed by atoms with Crippen LogP contribution in [0.1, 0.15) is 12.8 Å². The number of carbonyl (C=O) groups is 1. The van der Waals surface area contributed by atoms with Crippen LogP contribution >= 0.6 is 22.6 Å². The Morgan fingerprint density at radius 2 is 2.07 bits per heavy atom. The van der Waals surface area contributed by atoms with Crippen molar-refractivity contribution < 1.29 is 19.0 Å². The van der Waals surface area contributed by atoms with Gasteiger partial charge in [-0.05, 0) is 40.8 Å². The van der Waals surface area contributed by atoms with E-state index in [2.05, 4.69) is 15.1 Å². The lowest BCUT2D eigenvalue weighted by atomic mass is 10.1. The zero-order valence-corrected chi connectivity index (χ0v) is 16.2. The van der Waals surface area contributed by atoms with Crippen LogP contribution in [-0.4, -0.2) is 55.0 Å². The number of carboxylic acid groups (broad SMARTS) is 1. The normalized spacial score (nSPS) is 15.3. The van der Waals surface area contributed by atoms with Gasteiger partial charge in [-0.25, -0.2) is 23.8 Å². The Kier molecular flexibility index (Phi) is 4.81. The molecule has 1 aliphatic rings. The highest BCUT2D eigenvalue weighted by Crippen LogP contribution is 2.27. The highest BCUT2D eigenvalue weighted by atomic mass is 127. The minimum Gasteiger partial charge on any atom is -0.474 e. The third-order valence-electron chi connectivity index (χ3n) is 4.46. The van der Waals surface area contributed by atoms with E-state index >= 15 is 0 Å². The standard InChI is InChI=1S/C17H15FIN5O3/c18-13-7-10(19)1-2-14(13)24-15-12(8-22-24)16(21-9-20-15)27-11-3-5-23(6-4-11)17(25)26/h1-2,7-9,11H,3-6H2,(H,25,26). The van der Waals surface area contributed by atoms with Crippen molar-refractivity contribution in [1.29, 1.82) is 0 Å². The molecule has 0 bridgehead atoms. The average molecular weight is 483 g/mol. The van der Waals surface area contributed by atoms with Gasteiger partial charge in [0, 0.05) is 29.5 Å². The molecule has 2 aromatic heterocycles. The van der Waals surface area contributed by atoms with E-state index in [1.807, 2.05) is 22.6 Å². The monoisotopic (exact) mass is 483 g/mol. The van der Waals surface area contributed by atoms with Crippen LogP contribution in [0.5, 0.6) is 5.88 Å². The first kappa shape index (κ1) is 17.9. The predicted molar refractivity (Wildman–Crippen MR) is 103 cm³/mol. The topological polar surface area (TPSA) is 93.4 Å². The summed E-state index contributed by atoms with van der Waals surface area (Å²) < 4.78 is 22.5. The molecule has 0 atom stereocenters. The van der Waals surface area contributed by atoms with Crippen molar-refractivity contribution in [2.24, 2.45) is 0 Å². The molecule has 0 unspecified atom stereocenters. The third kappa shape index (κ3) is 3.53. The summed E-state index contributed by atoms with van der Waals surface area (Å²) in [7, 11) is 0. The van der Waals surface area contributed by atoms with Crippen molar-refractivity contribution in [1.82, 2.24) is 24.6 Å². The third-order valence-corrected chi connectivity index (χ3v) is 5.13. The number of amides is 1. The maximum absolute atomic E-state index is 14.3. The van der Waals surface area contributed by atoms with Crippen molar-refractivity contribution in [3.63, 3.8) is 0 Å². The van der Waals surface area contributed by atoms with Crippen molar-refractivity contribution in [3.05, 3.63) is 40.1 Å². The van der Waals surface area contributed by atoms with Crippen LogP contribution in [0.3, 0.4) is 0 Å². The molecule has 27 heavy (non-hydrogen) atoms. The molecule has 0 radical (unpaired) electrons. The first-order chi connectivity index (χ1) is 13.0. The van der Waals surface area contributed by atoms with Crippen LogP contribution in [0.15, 0.2) is 30.7 Å². The smallest absolute Gasteiger partial charge is 0.407 e. The number of hydrogen-bond donors (Lipinski definition) is 1. The maximum Gasteiger partial charge on any atom is 0.407 e. The summed E-state index contributed by atoms with van der Waals surface area (Å²) in [6, 6.07) is 4.87. The van der Waals surface area contributed by atoms with Crippen LogP contribution in [0.25, 0.3) is 16.7 Å². The van der Waals surface area contributed by atoms with Gasteiger partial charge in [-0.15, -0.1) is 0 Å². The van der Waals surface area contributed by atoms with E-state index in [1.54, 1.807) is 18.3 Å². The Bertz CT molecular complexity index is 1000. The minimum absolute atomic E-state index is 0.142. The molecule has 1 saturated heterocycles. The van der Waals surface area contributed by atoms with Crippen molar-refractivity contribution in [2.75, 3.05) is 13.1 Å². The summed E-state index contributed by atoms with van der Waals surface area (Å²) in [5.74, 6) is -0.0278. The minimum atomic E-state index is -0.918. The molecular formula is C17H15FIN5O3. The highest BCUT2D eigenvalue weighted by Gasteiger charge is 2.25. The molecule has 0 aliphatic carbocycles. The van der Waals surface area contributed by atoms with Gasteiger partial charge in [-0.2, -0.15) is 5.10 Å². The second kappa shape index (κ2) is 7.25. The molecule has 1 aliphatic heterocycles. The van der Waals surface area contributed by atoms with Gasteiger partial charge in [-0.3, -0.25) is 0 Å². The molecule has 1 aromatic carbocycles. The Morgan fingerprint density at radius 1 is 1.30 bits per heavy atom. The molecule has 4 rings (SSSR count). The average Bonchev–Trinajstić information content (AvgIpc) is 3.07. The number of piperidine rings is 1. The lowest BCUT2D eigenvalue weighted by Gasteiger charge is -2.29. The van der Waals surface area contributed by atoms with Gasteiger partial charge in [0.15, 0.2) is 5.65 Å². The fourth-order valence-corrected chi connectivity index (χ4v) is 3.52. The zero-order valence-electron chi connectivity index (χ0n) is 14.0. The molecule has 0 spiro atoms. The molecule has 10 heteroatoms. The molecule has 1 amide bonds. The maximum atomic E-state index is 14.3. The number of benzene rings is 1. The van der Waals surface area contributed by atoms with Crippen molar-refractivity contribution in [2.45, 2.75) is 18.9 Å². The number of ether oxygens (including phenoxy) is 1. The van der Waals surface area contributed by atoms with Gasteiger partial charge in [0.2, 0.25) is 5.88 Å². The lowest BCUT2D eigenvalue weighted by Crippen LogP contribution is -2.41. The van der Waals surface area contributed by atoms with Crippen molar-refractivity contribution in [3.8, 4) is 11.6 Å². The zero-order chi connectivity index (χ0) is 19.0.